The van der Waals surface area contributed by atoms with Gasteiger partial charge in [0, 0.05) is 64.2 Å². The van der Waals surface area contributed by atoms with E-state index in [1.807, 2.05) is 42.2 Å². The maximum atomic E-state index is 15.6. The number of rotatable bonds is 8. The molecule has 0 bridgehead atoms. The Hall–Kier alpha value is -4.40. The fourth-order valence-corrected chi connectivity index (χ4v) is 6.00. The van der Waals surface area contributed by atoms with Crippen LogP contribution < -0.4 is 5.43 Å². The third-order valence-corrected chi connectivity index (χ3v) is 8.35. The molecule has 3 heterocycles. The number of hydrazine groups is 1. The van der Waals surface area contributed by atoms with Crippen molar-refractivity contribution < 1.29 is 14.0 Å². The van der Waals surface area contributed by atoms with E-state index in [0.29, 0.717) is 34.9 Å². The molecular weight excluding hydrogens is 565 g/mol. The third kappa shape index (κ3) is 5.68. The van der Waals surface area contributed by atoms with Crippen molar-refractivity contribution in [3.63, 3.8) is 0 Å². The van der Waals surface area contributed by atoms with Crippen LogP contribution in [0.2, 0.25) is 5.02 Å². The number of nitrogens with zero attached hydrogens (tertiary/aromatic N) is 4. The van der Waals surface area contributed by atoms with Crippen LogP contribution in [0.25, 0.3) is 33.2 Å². The lowest BCUT2D eigenvalue weighted by Crippen LogP contribution is -2.47. The highest BCUT2D eigenvalue weighted by Crippen LogP contribution is 2.32. The molecule has 1 atom stereocenters. The predicted octanol–water partition coefficient (Wildman–Crippen LogP) is 6.35. The summed E-state index contributed by atoms with van der Waals surface area (Å²) in [7, 11) is 0. The average molecular weight is 596 g/mol. The van der Waals surface area contributed by atoms with Crippen molar-refractivity contribution >= 4 is 34.2 Å². The standard InChI is InChI=1S/C34H31ClFN5O2/c1-3-22-19-40(30-12-11-23(15-28(22)30)25-17-37-21(2)38-18-25)20-33(43)41-31(13-14-39-41)32(42)16-24-7-6-9-27(34(24)36)26-8-4-5-10-29(26)35/h4-12,15,17-19,31,39H,3,13-14,16,20H2,1-2H3. The van der Waals surface area contributed by atoms with Gasteiger partial charge < -0.3 is 4.57 Å². The number of benzene rings is 3. The molecule has 218 valence electrons. The van der Waals surface area contributed by atoms with Crippen LogP contribution in [0, 0.1) is 12.7 Å². The van der Waals surface area contributed by atoms with Crippen LogP contribution in [0.5, 0.6) is 0 Å². The van der Waals surface area contributed by atoms with E-state index in [1.54, 1.807) is 42.5 Å². The van der Waals surface area contributed by atoms with Gasteiger partial charge in [0.2, 0.25) is 0 Å². The lowest BCUT2D eigenvalue weighted by atomic mass is 9.97. The number of Topliss-reactive ketones (excluding diaryl/α,β-unsaturated/α-hetero) is 1. The Morgan fingerprint density at radius 3 is 2.53 bits per heavy atom. The molecule has 1 fully saturated rings. The van der Waals surface area contributed by atoms with E-state index >= 15 is 4.39 Å². The quantitative estimate of drug-likeness (QED) is 0.226. The first kappa shape index (κ1) is 28.7. The monoisotopic (exact) mass is 595 g/mol. The van der Waals surface area contributed by atoms with E-state index < -0.39 is 11.9 Å². The maximum absolute atomic E-state index is 15.6. The van der Waals surface area contributed by atoms with E-state index in [1.165, 1.54) is 5.01 Å². The molecule has 1 aliphatic heterocycles. The van der Waals surface area contributed by atoms with Crippen molar-refractivity contribution in [2.24, 2.45) is 0 Å². The summed E-state index contributed by atoms with van der Waals surface area (Å²) in [6, 6.07) is 17.4. The number of ketones is 1. The summed E-state index contributed by atoms with van der Waals surface area (Å²) >= 11 is 6.31. The van der Waals surface area contributed by atoms with E-state index in [0.717, 1.165) is 34.0 Å². The Balaban J connectivity index is 1.21. The molecule has 0 radical (unpaired) electrons. The van der Waals surface area contributed by atoms with Crippen LogP contribution in [-0.2, 0) is 29.0 Å². The first-order chi connectivity index (χ1) is 20.8. The molecule has 7 nitrogen and oxygen atoms in total. The molecule has 43 heavy (non-hydrogen) atoms. The summed E-state index contributed by atoms with van der Waals surface area (Å²) in [5.41, 5.74) is 8.26. The molecule has 1 amide bonds. The van der Waals surface area contributed by atoms with Gasteiger partial charge >= 0.3 is 0 Å². The Morgan fingerprint density at radius 2 is 1.77 bits per heavy atom. The Morgan fingerprint density at radius 1 is 1.00 bits per heavy atom. The molecule has 5 aromatic rings. The van der Waals surface area contributed by atoms with E-state index in [2.05, 4.69) is 28.4 Å². The molecular formula is C34H31ClFN5O2. The minimum Gasteiger partial charge on any atom is -0.338 e. The summed E-state index contributed by atoms with van der Waals surface area (Å²) in [5, 5.41) is 2.92. The summed E-state index contributed by atoms with van der Waals surface area (Å²) in [4.78, 5) is 35.7. The number of carbonyl (C=O) groups excluding carboxylic acids is 2. The number of aromatic nitrogens is 3. The number of fused-ring (bicyclic) bond motifs is 1. The SMILES string of the molecule is CCc1cn(CC(=O)N2NCCC2C(=O)Cc2cccc(-c3ccccc3Cl)c2F)c2ccc(-c3cnc(C)nc3)cc12. The van der Waals surface area contributed by atoms with Gasteiger partial charge in [-0.05, 0) is 54.7 Å². The van der Waals surface area contributed by atoms with Gasteiger partial charge in [0.05, 0.1) is 0 Å². The molecule has 2 aromatic heterocycles. The van der Waals surface area contributed by atoms with Crippen LogP contribution >= 0.6 is 11.6 Å². The van der Waals surface area contributed by atoms with Gasteiger partial charge in [-0.1, -0.05) is 61.0 Å². The van der Waals surface area contributed by atoms with E-state index in [4.69, 9.17) is 11.6 Å². The normalized spacial score (nSPS) is 14.9. The highest BCUT2D eigenvalue weighted by Gasteiger charge is 2.34. The average Bonchev–Trinajstić information content (AvgIpc) is 3.64. The number of nitrogens with one attached hydrogen (secondary N) is 1. The Kier molecular flexibility index (Phi) is 8.06. The predicted molar refractivity (Wildman–Crippen MR) is 166 cm³/mol. The molecule has 0 saturated carbocycles. The van der Waals surface area contributed by atoms with Crippen LogP contribution in [0.4, 0.5) is 4.39 Å². The van der Waals surface area contributed by atoms with Gasteiger partial charge in [0.1, 0.15) is 24.2 Å². The number of hydrogen-bond acceptors (Lipinski definition) is 5. The number of hydrogen-bond donors (Lipinski definition) is 1. The van der Waals surface area contributed by atoms with Gasteiger partial charge in [-0.3, -0.25) is 14.6 Å². The van der Waals surface area contributed by atoms with Crippen molar-refractivity contribution in [2.75, 3.05) is 6.54 Å². The van der Waals surface area contributed by atoms with Gasteiger partial charge in [0.15, 0.2) is 5.78 Å². The van der Waals surface area contributed by atoms with Gasteiger partial charge in [-0.2, -0.15) is 0 Å². The smallest absolute Gasteiger partial charge is 0.257 e. The molecule has 1 aliphatic rings. The van der Waals surface area contributed by atoms with Crippen molar-refractivity contribution in [2.45, 2.75) is 45.7 Å². The molecule has 1 unspecified atom stereocenters. The highest BCUT2D eigenvalue weighted by atomic mass is 35.5. The molecule has 6 rings (SSSR count). The first-order valence-corrected chi connectivity index (χ1v) is 14.7. The Bertz CT molecular complexity index is 1840. The summed E-state index contributed by atoms with van der Waals surface area (Å²) in [6.07, 6.45) is 6.76. The third-order valence-electron chi connectivity index (χ3n) is 8.02. The zero-order chi connectivity index (χ0) is 30.1. The number of amides is 1. The second kappa shape index (κ2) is 12.1. The van der Waals surface area contributed by atoms with Crippen LogP contribution in [0.3, 0.4) is 0 Å². The molecule has 0 aliphatic carbocycles. The van der Waals surface area contributed by atoms with Crippen molar-refractivity contribution in [3.05, 3.63) is 107 Å². The molecule has 0 spiro atoms. The van der Waals surface area contributed by atoms with Crippen molar-refractivity contribution in [3.8, 4) is 22.3 Å². The lowest BCUT2D eigenvalue weighted by molar-refractivity contribution is -0.140. The molecule has 9 heteroatoms. The fourth-order valence-electron chi connectivity index (χ4n) is 5.76. The highest BCUT2D eigenvalue weighted by molar-refractivity contribution is 6.33. The first-order valence-electron chi connectivity index (χ1n) is 14.4. The minimum atomic E-state index is -0.684. The second-order valence-electron chi connectivity index (χ2n) is 10.8. The summed E-state index contributed by atoms with van der Waals surface area (Å²) in [6.45, 7) is 4.49. The van der Waals surface area contributed by atoms with E-state index in [-0.39, 0.29) is 30.2 Å². The number of aryl methyl sites for hydroxylation is 2. The van der Waals surface area contributed by atoms with E-state index in [9.17, 15) is 9.59 Å². The minimum absolute atomic E-state index is 0.0661. The molecule has 3 aromatic carbocycles. The maximum Gasteiger partial charge on any atom is 0.257 e. The van der Waals surface area contributed by atoms with Crippen LogP contribution in [-0.4, -0.2) is 43.8 Å². The second-order valence-corrected chi connectivity index (χ2v) is 11.2. The topological polar surface area (TPSA) is 80.1 Å². The Labute approximate surface area is 254 Å². The zero-order valence-corrected chi connectivity index (χ0v) is 24.7. The lowest BCUT2D eigenvalue weighted by Gasteiger charge is -2.24. The van der Waals surface area contributed by atoms with Crippen LogP contribution in [0.1, 0.15) is 30.3 Å². The summed E-state index contributed by atoms with van der Waals surface area (Å²) < 4.78 is 17.5. The van der Waals surface area contributed by atoms with Crippen molar-refractivity contribution in [1.82, 2.24) is 25.0 Å². The molecule has 1 saturated heterocycles. The van der Waals surface area contributed by atoms with Gasteiger partial charge in [0.25, 0.3) is 5.91 Å². The zero-order valence-electron chi connectivity index (χ0n) is 24.0. The van der Waals surface area contributed by atoms with Gasteiger partial charge in [-0.15, -0.1) is 0 Å². The van der Waals surface area contributed by atoms with Crippen molar-refractivity contribution in [1.29, 1.82) is 0 Å². The number of carbonyl (C=O) groups is 2. The number of halogens is 2. The largest absolute Gasteiger partial charge is 0.338 e. The van der Waals surface area contributed by atoms with Crippen LogP contribution in [0.15, 0.2) is 79.3 Å². The fraction of sp³-hybridized carbons (Fsp3) is 0.235. The molecule has 1 N–H and O–H groups in total. The van der Waals surface area contributed by atoms with Gasteiger partial charge in [-0.25, -0.2) is 19.8 Å². The summed E-state index contributed by atoms with van der Waals surface area (Å²) in [5.74, 6) is -0.205.